The number of rotatable bonds is 5. The van der Waals surface area contributed by atoms with Crippen LogP contribution in [-0.2, 0) is 0 Å². The van der Waals surface area contributed by atoms with Gasteiger partial charge in [-0.1, -0.05) is 25.1 Å². The molecule has 1 heterocycles. The van der Waals surface area contributed by atoms with Crippen LogP contribution in [0.2, 0.25) is 0 Å². The molecule has 1 aromatic carbocycles. The number of para-hydroxylation sites is 1. The average molecular weight is 257 g/mol. The topological polar surface area (TPSA) is 72.0 Å². The van der Waals surface area contributed by atoms with Crippen molar-refractivity contribution in [2.45, 2.75) is 32.8 Å². The normalized spacial score (nSPS) is 12.3. The Hall–Kier alpha value is -2.10. The first kappa shape index (κ1) is 13.3. The van der Waals surface area contributed by atoms with Crippen molar-refractivity contribution in [3.63, 3.8) is 0 Å². The van der Waals surface area contributed by atoms with Crippen LogP contribution in [0, 0.1) is 12.3 Å². The lowest BCUT2D eigenvalue weighted by Gasteiger charge is -2.18. The van der Waals surface area contributed by atoms with Crippen LogP contribution in [-0.4, -0.2) is 16.9 Å². The largest absolute Gasteiger partial charge is 0.488 e. The monoisotopic (exact) mass is 257 g/mol. The highest BCUT2D eigenvalue weighted by atomic mass is 16.5. The van der Waals surface area contributed by atoms with Gasteiger partial charge < -0.3 is 10.5 Å². The molecule has 2 rings (SSSR count). The Morgan fingerprint density at radius 2 is 2.16 bits per heavy atom. The van der Waals surface area contributed by atoms with Crippen molar-refractivity contribution in [1.29, 1.82) is 5.41 Å². The summed E-state index contributed by atoms with van der Waals surface area (Å²) in [6, 6.07) is 9.91. The molecule has 0 spiro atoms. The van der Waals surface area contributed by atoms with E-state index in [9.17, 15) is 0 Å². The molecule has 0 aliphatic rings. The zero-order valence-corrected chi connectivity index (χ0v) is 11.3. The molecule has 0 fully saturated rings. The number of fused-ring (bicyclic) bond motifs is 1. The molecule has 0 saturated heterocycles. The van der Waals surface area contributed by atoms with Crippen molar-refractivity contribution >= 4 is 16.7 Å². The SMILES string of the molecule is CCC(CC(=N)N)Oc1cccc2ccc(C)nc12. The molecule has 100 valence electrons. The fourth-order valence-electron chi connectivity index (χ4n) is 2.01. The third-order valence-corrected chi connectivity index (χ3v) is 3.02. The summed E-state index contributed by atoms with van der Waals surface area (Å²) in [7, 11) is 0. The van der Waals surface area contributed by atoms with Gasteiger partial charge in [-0.2, -0.15) is 0 Å². The number of pyridine rings is 1. The van der Waals surface area contributed by atoms with E-state index in [0.29, 0.717) is 6.42 Å². The van der Waals surface area contributed by atoms with E-state index in [1.54, 1.807) is 0 Å². The second kappa shape index (κ2) is 5.69. The Balaban J connectivity index is 2.33. The number of aromatic nitrogens is 1. The first-order valence-corrected chi connectivity index (χ1v) is 6.46. The standard InChI is InChI=1S/C15H19N3O/c1-3-12(9-14(16)17)19-13-6-4-5-11-8-7-10(2)18-15(11)13/h4-8,12H,3,9H2,1-2H3,(H3,16,17). The number of benzene rings is 1. The van der Waals surface area contributed by atoms with Crippen LogP contribution in [0.25, 0.3) is 10.9 Å². The van der Waals surface area contributed by atoms with Crippen LogP contribution in [0.4, 0.5) is 0 Å². The van der Waals surface area contributed by atoms with E-state index in [-0.39, 0.29) is 11.9 Å². The molecule has 4 heteroatoms. The third-order valence-electron chi connectivity index (χ3n) is 3.02. The van der Waals surface area contributed by atoms with Gasteiger partial charge in [0.05, 0.1) is 5.84 Å². The highest BCUT2D eigenvalue weighted by molar-refractivity contribution is 5.84. The van der Waals surface area contributed by atoms with Gasteiger partial charge in [0.2, 0.25) is 0 Å². The van der Waals surface area contributed by atoms with Crippen LogP contribution >= 0.6 is 0 Å². The molecule has 1 unspecified atom stereocenters. The molecule has 0 amide bonds. The van der Waals surface area contributed by atoms with Crippen molar-refractivity contribution in [2.75, 3.05) is 0 Å². The second-order valence-corrected chi connectivity index (χ2v) is 4.66. The van der Waals surface area contributed by atoms with Crippen molar-refractivity contribution < 1.29 is 4.74 Å². The predicted molar refractivity (Wildman–Crippen MR) is 77.7 cm³/mol. The number of ether oxygens (including phenoxy) is 1. The minimum Gasteiger partial charge on any atom is -0.488 e. The maximum atomic E-state index is 7.37. The van der Waals surface area contributed by atoms with Gasteiger partial charge in [-0.25, -0.2) is 4.98 Å². The summed E-state index contributed by atoms with van der Waals surface area (Å²) < 4.78 is 5.96. The lowest BCUT2D eigenvalue weighted by molar-refractivity contribution is 0.207. The molecule has 3 N–H and O–H groups in total. The first-order valence-electron chi connectivity index (χ1n) is 6.46. The van der Waals surface area contributed by atoms with Crippen LogP contribution in [0.1, 0.15) is 25.5 Å². The Labute approximate surface area is 113 Å². The fraction of sp³-hybridized carbons (Fsp3) is 0.333. The molecule has 0 aliphatic heterocycles. The van der Waals surface area contributed by atoms with Crippen LogP contribution in [0.15, 0.2) is 30.3 Å². The molecule has 4 nitrogen and oxygen atoms in total. The van der Waals surface area contributed by atoms with E-state index < -0.39 is 0 Å². The highest BCUT2D eigenvalue weighted by Gasteiger charge is 2.12. The van der Waals surface area contributed by atoms with Gasteiger partial charge in [0.1, 0.15) is 17.4 Å². The molecule has 0 bridgehead atoms. The van der Waals surface area contributed by atoms with Gasteiger partial charge in [-0.05, 0) is 25.5 Å². The lowest BCUT2D eigenvalue weighted by Crippen LogP contribution is -2.24. The smallest absolute Gasteiger partial charge is 0.145 e. The molecule has 19 heavy (non-hydrogen) atoms. The quantitative estimate of drug-likeness (QED) is 0.638. The van der Waals surface area contributed by atoms with Crippen molar-refractivity contribution in [1.82, 2.24) is 4.98 Å². The molecule has 1 aromatic heterocycles. The third kappa shape index (κ3) is 3.22. The molecule has 2 aromatic rings. The van der Waals surface area contributed by atoms with Crippen molar-refractivity contribution in [3.05, 3.63) is 36.0 Å². The average Bonchev–Trinajstić information content (AvgIpc) is 2.38. The molecule has 1 atom stereocenters. The van der Waals surface area contributed by atoms with E-state index in [0.717, 1.165) is 28.8 Å². The van der Waals surface area contributed by atoms with Gasteiger partial charge in [0.15, 0.2) is 0 Å². The summed E-state index contributed by atoms with van der Waals surface area (Å²) in [6.07, 6.45) is 1.17. The summed E-state index contributed by atoms with van der Waals surface area (Å²) in [5, 5.41) is 8.43. The fourth-order valence-corrected chi connectivity index (χ4v) is 2.01. The summed E-state index contributed by atoms with van der Waals surface area (Å²) in [4.78, 5) is 4.53. The number of nitrogens with one attached hydrogen (secondary N) is 1. The number of hydrogen-bond donors (Lipinski definition) is 2. The van der Waals surface area contributed by atoms with Crippen molar-refractivity contribution in [3.8, 4) is 5.75 Å². The summed E-state index contributed by atoms with van der Waals surface area (Å²) >= 11 is 0. The van der Waals surface area contributed by atoms with Gasteiger partial charge in [-0.3, -0.25) is 5.41 Å². The molecular weight excluding hydrogens is 238 g/mol. The maximum absolute atomic E-state index is 7.37. The van der Waals surface area contributed by atoms with Gasteiger partial charge in [0.25, 0.3) is 0 Å². The van der Waals surface area contributed by atoms with Crippen molar-refractivity contribution in [2.24, 2.45) is 5.73 Å². The minimum absolute atomic E-state index is 0.0783. The van der Waals surface area contributed by atoms with Gasteiger partial charge >= 0.3 is 0 Å². The Morgan fingerprint density at radius 1 is 1.37 bits per heavy atom. The summed E-state index contributed by atoms with van der Waals surface area (Å²) in [6.45, 7) is 3.99. The Bertz CT molecular complexity index is 595. The zero-order valence-electron chi connectivity index (χ0n) is 11.3. The van der Waals surface area contributed by atoms with E-state index in [4.69, 9.17) is 15.9 Å². The summed E-state index contributed by atoms with van der Waals surface area (Å²) in [5.74, 6) is 0.908. The lowest BCUT2D eigenvalue weighted by atomic mass is 10.1. The van der Waals surface area contributed by atoms with E-state index in [1.807, 2.05) is 44.2 Å². The molecular formula is C15H19N3O. The Morgan fingerprint density at radius 3 is 2.84 bits per heavy atom. The van der Waals surface area contributed by atoms with Crippen LogP contribution in [0.5, 0.6) is 5.75 Å². The van der Waals surface area contributed by atoms with Gasteiger partial charge in [0, 0.05) is 17.5 Å². The zero-order chi connectivity index (χ0) is 13.8. The van der Waals surface area contributed by atoms with Crippen LogP contribution < -0.4 is 10.5 Å². The van der Waals surface area contributed by atoms with E-state index in [2.05, 4.69) is 4.98 Å². The number of amidine groups is 1. The molecule has 0 saturated carbocycles. The summed E-state index contributed by atoms with van der Waals surface area (Å²) in [5.41, 5.74) is 7.27. The molecule has 0 aliphatic carbocycles. The van der Waals surface area contributed by atoms with Gasteiger partial charge in [-0.15, -0.1) is 0 Å². The highest BCUT2D eigenvalue weighted by Crippen LogP contribution is 2.25. The van der Waals surface area contributed by atoms with E-state index >= 15 is 0 Å². The van der Waals surface area contributed by atoms with Crippen LogP contribution in [0.3, 0.4) is 0 Å². The first-order chi connectivity index (χ1) is 9.10. The predicted octanol–water partition coefficient (Wildman–Crippen LogP) is 3.03. The number of hydrogen-bond acceptors (Lipinski definition) is 3. The number of aryl methyl sites for hydroxylation is 1. The number of nitrogens with zero attached hydrogens (tertiary/aromatic N) is 1. The maximum Gasteiger partial charge on any atom is 0.145 e. The Kier molecular flexibility index (Phi) is 4.00. The molecule has 0 radical (unpaired) electrons. The minimum atomic E-state index is -0.0783. The second-order valence-electron chi connectivity index (χ2n) is 4.66. The van der Waals surface area contributed by atoms with E-state index in [1.165, 1.54) is 0 Å². The number of nitrogens with two attached hydrogens (primary N) is 1.